The molecule has 0 atom stereocenters. The van der Waals surface area contributed by atoms with E-state index >= 15 is 0 Å². The van der Waals surface area contributed by atoms with Crippen molar-refractivity contribution in [2.75, 3.05) is 0 Å². The number of nitrogens with zero attached hydrogens (tertiary/aromatic N) is 3. The van der Waals surface area contributed by atoms with E-state index in [9.17, 15) is 0 Å². The molecule has 0 spiro atoms. The first-order valence-corrected chi connectivity index (χ1v) is 11.7. The van der Waals surface area contributed by atoms with Gasteiger partial charge in [-0.3, -0.25) is 0 Å². The second-order valence-corrected chi connectivity index (χ2v) is 8.94. The van der Waals surface area contributed by atoms with E-state index in [1.54, 1.807) is 0 Å². The van der Waals surface area contributed by atoms with Crippen LogP contribution in [0.3, 0.4) is 0 Å². The summed E-state index contributed by atoms with van der Waals surface area (Å²) in [6.07, 6.45) is 3.00. The lowest BCUT2D eigenvalue weighted by Gasteiger charge is -2.02. The molecule has 0 aliphatic carbocycles. The van der Waals surface area contributed by atoms with Gasteiger partial charge in [0.25, 0.3) is 0 Å². The Balaban J connectivity index is 1.33. The van der Waals surface area contributed by atoms with Gasteiger partial charge >= 0.3 is 0 Å². The predicted molar refractivity (Wildman–Crippen MR) is 134 cm³/mol. The molecule has 172 valence electrons. The maximum atomic E-state index is 4.90. The highest BCUT2D eigenvalue weighted by atomic mass is 15.0. The van der Waals surface area contributed by atoms with Gasteiger partial charge in [0.2, 0.25) is 0 Å². The monoisotopic (exact) mass is 450 g/mol. The van der Waals surface area contributed by atoms with Crippen LogP contribution in [0.25, 0.3) is 0 Å². The van der Waals surface area contributed by atoms with Gasteiger partial charge < -0.3 is 15.0 Å². The van der Waals surface area contributed by atoms with Crippen LogP contribution in [0.1, 0.15) is 62.8 Å². The van der Waals surface area contributed by atoms with Crippen molar-refractivity contribution in [1.29, 1.82) is 0 Å². The molecule has 6 nitrogen and oxygen atoms in total. The van der Waals surface area contributed by atoms with Crippen molar-refractivity contribution in [3.05, 3.63) is 123 Å². The molecule has 3 heterocycles. The lowest BCUT2D eigenvalue weighted by Crippen LogP contribution is -2.00. The molecule has 5 rings (SSSR count). The molecule has 0 fully saturated rings. The fourth-order valence-corrected chi connectivity index (χ4v) is 4.42. The zero-order valence-corrected chi connectivity index (χ0v) is 19.9. The van der Waals surface area contributed by atoms with Gasteiger partial charge in [-0.1, -0.05) is 60.7 Å². The molecule has 2 aromatic carbocycles. The number of nitrogens with one attached hydrogen (secondary N) is 3. The van der Waals surface area contributed by atoms with Crippen molar-refractivity contribution in [2.24, 2.45) is 0 Å². The third-order valence-electron chi connectivity index (χ3n) is 6.16. The number of aromatic nitrogens is 6. The second-order valence-electron chi connectivity index (χ2n) is 8.94. The van der Waals surface area contributed by atoms with Crippen molar-refractivity contribution >= 4 is 0 Å². The van der Waals surface area contributed by atoms with Crippen molar-refractivity contribution in [3.8, 4) is 0 Å². The van der Waals surface area contributed by atoms with Gasteiger partial charge in [0.15, 0.2) is 0 Å². The number of benzene rings is 2. The lowest BCUT2D eigenvalue weighted by atomic mass is 10.1. The Morgan fingerprint density at radius 1 is 0.529 bits per heavy atom. The fraction of sp³-hybridized carbons (Fsp3) is 0.250. The standard InChI is InChI=1S/C28H30N6/c1-18-23(33-27(29-18)14-21-10-6-4-7-11-21)16-25-26(32-20(3)31-25)17-24-19(2)30-28(34-24)15-22-12-8-5-9-13-22/h4-13H,14-17H2,1-3H3,(H,29,33)(H,30,34)(H,31,32). The van der Waals surface area contributed by atoms with Gasteiger partial charge in [-0.05, 0) is 31.9 Å². The summed E-state index contributed by atoms with van der Waals surface area (Å²) in [6, 6.07) is 20.8. The summed E-state index contributed by atoms with van der Waals surface area (Å²) in [6.45, 7) is 6.18. The van der Waals surface area contributed by atoms with Crippen LogP contribution < -0.4 is 0 Å². The van der Waals surface area contributed by atoms with Gasteiger partial charge in [-0.25, -0.2) is 15.0 Å². The Kier molecular flexibility index (Phi) is 6.12. The summed E-state index contributed by atoms with van der Waals surface area (Å²) in [5.74, 6) is 2.90. The average Bonchev–Trinajstić information content (AvgIpc) is 3.46. The molecule has 5 aromatic rings. The van der Waals surface area contributed by atoms with Crippen LogP contribution in [0, 0.1) is 20.8 Å². The summed E-state index contributed by atoms with van der Waals surface area (Å²) < 4.78 is 0. The summed E-state index contributed by atoms with van der Waals surface area (Å²) in [5.41, 5.74) is 8.93. The molecule has 0 aliphatic rings. The second kappa shape index (κ2) is 9.51. The molecule has 0 amide bonds. The quantitative estimate of drug-likeness (QED) is 0.306. The minimum Gasteiger partial charge on any atom is -0.346 e. The Labute approximate surface area is 200 Å². The lowest BCUT2D eigenvalue weighted by molar-refractivity contribution is 0.948. The number of hydrogen-bond acceptors (Lipinski definition) is 3. The molecule has 3 N–H and O–H groups in total. The molecule has 6 heteroatoms. The molecule has 0 radical (unpaired) electrons. The molecule has 34 heavy (non-hydrogen) atoms. The minimum absolute atomic E-state index is 0.692. The number of aryl methyl sites for hydroxylation is 3. The summed E-state index contributed by atoms with van der Waals surface area (Å²) >= 11 is 0. The first-order chi connectivity index (χ1) is 16.5. The first kappa shape index (κ1) is 21.9. The third kappa shape index (κ3) is 5.01. The Hall–Kier alpha value is -3.93. The van der Waals surface area contributed by atoms with E-state index in [1.165, 1.54) is 11.1 Å². The van der Waals surface area contributed by atoms with Crippen LogP contribution in [0.2, 0.25) is 0 Å². The summed E-state index contributed by atoms with van der Waals surface area (Å²) in [7, 11) is 0. The van der Waals surface area contributed by atoms with Crippen LogP contribution in [-0.4, -0.2) is 29.9 Å². The van der Waals surface area contributed by atoms with E-state index in [4.69, 9.17) is 15.0 Å². The van der Waals surface area contributed by atoms with Gasteiger partial charge in [-0.15, -0.1) is 0 Å². The number of hydrogen-bond donors (Lipinski definition) is 3. The SMILES string of the molecule is Cc1nc(Cc2nc(Cc3ccccc3)[nH]c2C)c(Cc2nc(Cc3ccccc3)[nH]c2C)[nH]1. The van der Waals surface area contributed by atoms with Gasteiger partial charge in [0.05, 0.1) is 17.1 Å². The maximum absolute atomic E-state index is 4.90. The zero-order chi connectivity index (χ0) is 23.5. The van der Waals surface area contributed by atoms with Crippen LogP contribution in [0.5, 0.6) is 0 Å². The molecule has 0 bridgehead atoms. The molecule has 0 aliphatic heterocycles. The smallest absolute Gasteiger partial charge is 0.111 e. The number of aromatic amines is 3. The topological polar surface area (TPSA) is 86.0 Å². The first-order valence-electron chi connectivity index (χ1n) is 11.7. The van der Waals surface area contributed by atoms with Crippen molar-refractivity contribution < 1.29 is 0 Å². The zero-order valence-electron chi connectivity index (χ0n) is 19.9. The van der Waals surface area contributed by atoms with Gasteiger partial charge in [-0.2, -0.15) is 0 Å². The minimum atomic E-state index is 0.692. The van der Waals surface area contributed by atoms with Crippen LogP contribution in [-0.2, 0) is 25.7 Å². The number of imidazole rings is 3. The van der Waals surface area contributed by atoms with E-state index in [0.29, 0.717) is 12.8 Å². The Morgan fingerprint density at radius 3 is 1.56 bits per heavy atom. The fourth-order valence-electron chi connectivity index (χ4n) is 4.42. The molecular formula is C28H30N6. The Bertz CT molecular complexity index is 1270. The largest absolute Gasteiger partial charge is 0.346 e. The number of rotatable bonds is 8. The molecular weight excluding hydrogens is 420 g/mol. The molecule has 0 saturated heterocycles. The highest BCUT2D eigenvalue weighted by Crippen LogP contribution is 2.20. The Morgan fingerprint density at radius 2 is 1.03 bits per heavy atom. The average molecular weight is 451 g/mol. The van der Waals surface area contributed by atoms with Gasteiger partial charge in [0, 0.05) is 42.8 Å². The maximum Gasteiger partial charge on any atom is 0.111 e. The molecule has 0 unspecified atom stereocenters. The van der Waals surface area contributed by atoms with E-state index in [2.05, 4.69) is 77.3 Å². The van der Waals surface area contributed by atoms with Crippen LogP contribution >= 0.6 is 0 Å². The van der Waals surface area contributed by atoms with E-state index in [1.807, 2.05) is 19.1 Å². The predicted octanol–water partition coefficient (Wildman–Crippen LogP) is 5.14. The van der Waals surface area contributed by atoms with E-state index in [-0.39, 0.29) is 0 Å². The summed E-state index contributed by atoms with van der Waals surface area (Å²) in [4.78, 5) is 25.0. The van der Waals surface area contributed by atoms with Gasteiger partial charge in [0.1, 0.15) is 17.5 Å². The van der Waals surface area contributed by atoms with Crippen molar-refractivity contribution in [1.82, 2.24) is 29.9 Å². The van der Waals surface area contributed by atoms with Crippen LogP contribution in [0.4, 0.5) is 0 Å². The third-order valence-corrected chi connectivity index (χ3v) is 6.16. The normalized spacial score (nSPS) is 11.3. The highest BCUT2D eigenvalue weighted by Gasteiger charge is 2.17. The van der Waals surface area contributed by atoms with E-state index in [0.717, 1.165) is 64.5 Å². The number of H-pyrrole nitrogens is 3. The highest BCUT2D eigenvalue weighted by molar-refractivity contribution is 5.30. The van der Waals surface area contributed by atoms with Crippen molar-refractivity contribution in [3.63, 3.8) is 0 Å². The molecule has 3 aromatic heterocycles. The van der Waals surface area contributed by atoms with E-state index < -0.39 is 0 Å². The van der Waals surface area contributed by atoms with Crippen molar-refractivity contribution in [2.45, 2.75) is 46.5 Å². The van der Waals surface area contributed by atoms with Crippen LogP contribution in [0.15, 0.2) is 60.7 Å². The summed E-state index contributed by atoms with van der Waals surface area (Å²) in [5, 5.41) is 0. The molecule has 0 saturated carbocycles.